The summed E-state index contributed by atoms with van der Waals surface area (Å²) in [5.74, 6) is 0. The first kappa shape index (κ1) is 14.4. The Hall–Kier alpha value is -0.990. The largest absolute Gasteiger partial charge is 0.257 e. The average molecular weight is 297 g/mol. The molecule has 1 unspecified atom stereocenters. The summed E-state index contributed by atoms with van der Waals surface area (Å²) in [4.78, 5) is 0. The normalized spacial score (nSPS) is 12.6. The van der Waals surface area contributed by atoms with Crippen molar-refractivity contribution in [1.82, 2.24) is 9.78 Å². The van der Waals surface area contributed by atoms with Gasteiger partial charge in [-0.1, -0.05) is 41.9 Å². The topological polar surface area (TPSA) is 17.8 Å². The van der Waals surface area contributed by atoms with E-state index in [1.54, 1.807) is 4.68 Å². The van der Waals surface area contributed by atoms with Crippen LogP contribution in [0.3, 0.4) is 0 Å². The SMILES string of the molecule is Cc1nn(C)c(Cl)c1CCCC(Cl)c1ccccc1. The molecule has 1 atom stereocenters. The number of hydrogen-bond acceptors (Lipinski definition) is 1. The third-order valence-corrected chi connectivity index (χ3v) is 4.26. The van der Waals surface area contributed by atoms with Gasteiger partial charge >= 0.3 is 0 Å². The summed E-state index contributed by atoms with van der Waals surface area (Å²) in [6.45, 7) is 2.00. The molecule has 0 N–H and O–H groups in total. The highest BCUT2D eigenvalue weighted by molar-refractivity contribution is 6.30. The molecule has 1 heterocycles. The first-order chi connectivity index (χ1) is 9.09. The summed E-state index contributed by atoms with van der Waals surface area (Å²) < 4.78 is 1.72. The monoisotopic (exact) mass is 296 g/mol. The molecule has 0 aliphatic rings. The van der Waals surface area contributed by atoms with E-state index in [0.717, 1.165) is 35.7 Å². The van der Waals surface area contributed by atoms with Crippen LogP contribution in [0.5, 0.6) is 0 Å². The summed E-state index contributed by atoms with van der Waals surface area (Å²) >= 11 is 12.6. The van der Waals surface area contributed by atoms with E-state index in [1.807, 2.05) is 32.2 Å². The lowest BCUT2D eigenvalue weighted by Crippen LogP contribution is -1.94. The Morgan fingerprint density at radius 3 is 2.53 bits per heavy atom. The van der Waals surface area contributed by atoms with Gasteiger partial charge in [-0.3, -0.25) is 4.68 Å². The molecule has 2 aromatic rings. The Bertz CT molecular complexity index is 535. The Labute approximate surface area is 124 Å². The van der Waals surface area contributed by atoms with Gasteiger partial charge in [0.15, 0.2) is 0 Å². The molecule has 1 aromatic carbocycles. The van der Waals surface area contributed by atoms with E-state index < -0.39 is 0 Å². The summed E-state index contributed by atoms with van der Waals surface area (Å²) in [5.41, 5.74) is 3.33. The quantitative estimate of drug-likeness (QED) is 0.732. The standard InChI is InChI=1S/C15H18Cl2N2/c1-11-13(15(17)19(2)18-11)9-6-10-14(16)12-7-4-3-5-8-12/h3-5,7-8,14H,6,9-10H2,1-2H3. The van der Waals surface area contributed by atoms with Gasteiger partial charge in [0, 0.05) is 12.6 Å². The molecule has 0 amide bonds. The molecule has 0 spiro atoms. The van der Waals surface area contributed by atoms with E-state index in [1.165, 1.54) is 5.56 Å². The second kappa shape index (κ2) is 6.44. The summed E-state index contributed by atoms with van der Waals surface area (Å²) in [5, 5.41) is 5.12. The van der Waals surface area contributed by atoms with Crippen molar-refractivity contribution in [2.45, 2.75) is 31.6 Å². The fraction of sp³-hybridized carbons (Fsp3) is 0.400. The molecule has 0 saturated carbocycles. The lowest BCUT2D eigenvalue weighted by atomic mass is 10.0. The lowest BCUT2D eigenvalue weighted by molar-refractivity contribution is 0.714. The molecule has 19 heavy (non-hydrogen) atoms. The zero-order valence-corrected chi connectivity index (χ0v) is 12.7. The summed E-state index contributed by atoms with van der Waals surface area (Å²) in [6, 6.07) is 10.2. The van der Waals surface area contributed by atoms with Crippen LogP contribution in [0.25, 0.3) is 0 Å². The molecule has 2 nitrogen and oxygen atoms in total. The number of hydrogen-bond donors (Lipinski definition) is 0. The third-order valence-electron chi connectivity index (χ3n) is 3.32. The van der Waals surface area contributed by atoms with Crippen LogP contribution in [0, 0.1) is 6.92 Å². The van der Waals surface area contributed by atoms with Crippen molar-refractivity contribution in [3.05, 3.63) is 52.3 Å². The smallest absolute Gasteiger partial charge is 0.130 e. The van der Waals surface area contributed by atoms with E-state index in [-0.39, 0.29) is 5.38 Å². The van der Waals surface area contributed by atoms with Crippen LogP contribution in [0.4, 0.5) is 0 Å². The first-order valence-corrected chi connectivity index (χ1v) is 7.28. The van der Waals surface area contributed by atoms with Crippen LogP contribution >= 0.6 is 23.2 Å². The Morgan fingerprint density at radius 2 is 1.95 bits per heavy atom. The van der Waals surface area contributed by atoms with Gasteiger partial charge in [0.25, 0.3) is 0 Å². The maximum Gasteiger partial charge on any atom is 0.130 e. The number of aromatic nitrogens is 2. The van der Waals surface area contributed by atoms with E-state index in [2.05, 4.69) is 17.2 Å². The fourth-order valence-corrected chi connectivity index (χ4v) is 2.81. The minimum Gasteiger partial charge on any atom is -0.257 e. The highest BCUT2D eigenvalue weighted by atomic mass is 35.5. The van der Waals surface area contributed by atoms with E-state index in [4.69, 9.17) is 23.2 Å². The maximum atomic E-state index is 6.40. The molecular weight excluding hydrogens is 279 g/mol. The Balaban J connectivity index is 1.90. The zero-order chi connectivity index (χ0) is 13.8. The van der Waals surface area contributed by atoms with Gasteiger partial charge in [-0.2, -0.15) is 5.10 Å². The van der Waals surface area contributed by atoms with Crippen LogP contribution in [-0.2, 0) is 13.5 Å². The Kier molecular flexibility index (Phi) is 4.89. The van der Waals surface area contributed by atoms with Crippen molar-refractivity contribution in [1.29, 1.82) is 0 Å². The van der Waals surface area contributed by atoms with Gasteiger partial charge in [-0.15, -0.1) is 11.6 Å². The number of aryl methyl sites for hydroxylation is 2. The van der Waals surface area contributed by atoms with Gasteiger partial charge in [0.1, 0.15) is 5.15 Å². The number of halogens is 2. The van der Waals surface area contributed by atoms with Crippen molar-refractivity contribution in [2.75, 3.05) is 0 Å². The summed E-state index contributed by atoms with van der Waals surface area (Å²) in [7, 11) is 1.87. The second-order valence-electron chi connectivity index (χ2n) is 4.75. The van der Waals surface area contributed by atoms with Crippen LogP contribution in [0.2, 0.25) is 5.15 Å². The van der Waals surface area contributed by atoms with Crippen LogP contribution in [0.15, 0.2) is 30.3 Å². The van der Waals surface area contributed by atoms with Crippen molar-refractivity contribution in [3.8, 4) is 0 Å². The Morgan fingerprint density at radius 1 is 1.26 bits per heavy atom. The van der Waals surface area contributed by atoms with Crippen molar-refractivity contribution < 1.29 is 0 Å². The van der Waals surface area contributed by atoms with Crippen LogP contribution in [0.1, 0.15) is 35.0 Å². The number of nitrogens with zero attached hydrogens (tertiary/aromatic N) is 2. The highest BCUT2D eigenvalue weighted by Gasteiger charge is 2.12. The molecule has 2 rings (SSSR count). The number of alkyl halides is 1. The second-order valence-corrected chi connectivity index (χ2v) is 5.63. The van der Waals surface area contributed by atoms with E-state index in [0.29, 0.717) is 0 Å². The fourth-order valence-electron chi connectivity index (χ4n) is 2.24. The molecule has 0 radical (unpaired) electrons. The summed E-state index contributed by atoms with van der Waals surface area (Å²) in [6.07, 6.45) is 2.88. The molecule has 102 valence electrons. The van der Waals surface area contributed by atoms with Crippen molar-refractivity contribution in [2.24, 2.45) is 7.05 Å². The number of benzene rings is 1. The third kappa shape index (κ3) is 3.52. The lowest BCUT2D eigenvalue weighted by Gasteiger charge is -2.09. The predicted octanol–water partition coefficient (Wildman–Crippen LogP) is 4.68. The van der Waals surface area contributed by atoms with Gasteiger partial charge in [-0.25, -0.2) is 0 Å². The molecule has 0 aliphatic heterocycles. The minimum atomic E-state index is 0.0666. The first-order valence-electron chi connectivity index (χ1n) is 6.46. The molecule has 0 saturated heterocycles. The van der Waals surface area contributed by atoms with Gasteiger partial charge in [0.05, 0.1) is 11.1 Å². The number of rotatable bonds is 5. The molecular formula is C15H18Cl2N2. The van der Waals surface area contributed by atoms with Gasteiger partial charge in [0.2, 0.25) is 0 Å². The highest BCUT2D eigenvalue weighted by Crippen LogP contribution is 2.27. The van der Waals surface area contributed by atoms with E-state index >= 15 is 0 Å². The van der Waals surface area contributed by atoms with Gasteiger partial charge in [-0.05, 0) is 31.7 Å². The van der Waals surface area contributed by atoms with E-state index in [9.17, 15) is 0 Å². The maximum absolute atomic E-state index is 6.40. The zero-order valence-electron chi connectivity index (χ0n) is 11.2. The molecule has 0 aliphatic carbocycles. The van der Waals surface area contributed by atoms with Crippen molar-refractivity contribution >= 4 is 23.2 Å². The molecule has 1 aromatic heterocycles. The average Bonchev–Trinajstić information content (AvgIpc) is 2.66. The van der Waals surface area contributed by atoms with Crippen molar-refractivity contribution in [3.63, 3.8) is 0 Å². The predicted molar refractivity (Wildman–Crippen MR) is 80.9 cm³/mol. The van der Waals surface area contributed by atoms with Gasteiger partial charge < -0.3 is 0 Å². The van der Waals surface area contributed by atoms with Crippen LogP contribution in [-0.4, -0.2) is 9.78 Å². The molecule has 0 fully saturated rings. The minimum absolute atomic E-state index is 0.0666. The molecule has 0 bridgehead atoms. The van der Waals surface area contributed by atoms with Crippen LogP contribution < -0.4 is 0 Å². The molecule has 4 heteroatoms.